The third kappa shape index (κ3) is 2.83. The maximum Gasteiger partial charge on any atom is 0.283 e. The minimum atomic E-state index is -4.22. The predicted molar refractivity (Wildman–Crippen MR) is 39.5 cm³/mol. The van der Waals surface area contributed by atoms with Gasteiger partial charge in [0.05, 0.1) is 0 Å². The molecule has 0 radical (unpaired) electrons. The summed E-state index contributed by atoms with van der Waals surface area (Å²) >= 11 is 5.27. The topological polar surface area (TPSA) is 80.4 Å². The van der Waals surface area contributed by atoms with Crippen LogP contribution in [0.2, 0.25) is 0 Å². The molecule has 62 valence electrons. The van der Waals surface area contributed by atoms with Crippen LogP contribution in [-0.2, 0) is 10.1 Å². The third-order valence-electron chi connectivity index (χ3n) is 0.846. The van der Waals surface area contributed by atoms with E-state index in [-0.39, 0.29) is 0 Å². The lowest BCUT2D eigenvalue weighted by atomic mass is 10.1. The van der Waals surface area contributed by atoms with Gasteiger partial charge in [0.1, 0.15) is 0 Å². The first kappa shape index (κ1) is 10.2. The van der Waals surface area contributed by atoms with E-state index in [9.17, 15) is 8.42 Å². The maximum absolute atomic E-state index is 10.3. The maximum atomic E-state index is 10.3. The summed E-state index contributed by atoms with van der Waals surface area (Å²) in [5, 5.41) is 0. The van der Waals surface area contributed by atoms with Gasteiger partial charge in [0.15, 0.2) is 4.71 Å². The summed E-state index contributed by atoms with van der Waals surface area (Å²) in [6, 6.07) is 0. The quantitative estimate of drug-likeness (QED) is 0.477. The first-order valence-corrected chi connectivity index (χ1v) is 4.49. The lowest BCUT2D eigenvalue weighted by Crippen LogP contribution is -2.45. The molecule has 0 aromatic carbocycles. The number of alkyl halides is 1. The van der Waals surface area contributed by atoms with Crippen molar-refractivity contribution in [1.82, 2.24) is 0 Å². The van der Waals surface area contributed by atoms with E-state index in [1.807, 2.05) is 0 Å². The summed E-state index contributed by atoms with van der Waals surface area (Å²) < 4.78 is 27.6. The summed E-state index contributed by atoms with van der Waals surface area (Å²) in [6.45, 7) is 2.83. The molecule has 0 aromatic heterocycles. The Labute approximate surface area is 65.1 Å². The largest absolute Gasteiger partial charge is 0.323 e. The zero-order valence-corrected chi connectivity index (χ0v) is 7.28. The van der Waals surface area contributed by atoms with Crippen LogP contribution in [0.25, 0.3) is 0 Å². The molecule has 0 saturated heterocycles. The van der Waals surface area contributed by atoms with Gasteiger partial charge in [0.2, 0.25) is 0 Å². The molecule has 0 aromatic rings. The second-order valence-electron chi connectivity index (χ2n) is 2.65. The highest BCUT2D eigenvalue weighted by Crippen LogP contribution is 2.16. The molecule has 1 atom stereocenters. The standard InChI is InChI=1S/C4H10ClNO3S/c1-4(2,6)3(5)10(7,8)9/h3H,6H2,1-2H3,(H,7,8,9). The Balaban J connectivity index is 4.56. The summed E-state index contributed by atoms with van der Waals surface area (Å²) in [7, 11) is -4.22. The lowest BCUT2D eigenvalue weighted by Gasteiger charge is -2.21. The van der Waals surface area contributed by atoms with Gasteiger partial charge in [-0.15, -0.1) is 11.6 Å². The molecule has 0 amide bonds. The number of hydrogen-bond donors (Lipinski definition) is 2. The molecule has 0 aliphatic heterocycles. The second kappa shape index (κ2) is 2.65. The van der Waals surface area contributed by atoms with E-state index in [1.165, 1.54) is 13.8 Å². The Hall–Kier alpha value is 0.160. The number of rotatable bonds is 2. The summed E-state index contributed by atoms with van der Waals surface area (Å²) in [5.74, 6) is 0. The number of nitrogens with two attached hydrogens (primary N) is 1. The SMILES string of the molecule is CC(C)(N)C(Cl)S(=O)(=O)O. The molecular formula is C4H10ClNO3S. The molecule has 6 heteroatoms. The fraction of sp³-hybridized carbons (Fsp3) is 1.00. The molecule has 0 saturated carbocycles. The van der Waals surface area contributed by atoms with Crippen LogP contribution in [0, 0.1) is 0 Å². The van der Waals surface area contributed by atoms with Crippen molar-refractivity contribution in [1.29, 1.82) is 0 Å². The number of hydrogen-bond acceptors (Lipinski definition) is 3. The van der Waals surface area contributed by atoms with E-state index < -0.39 is 20.4 Å². The van der Waals surface area contributed by atoms with E-state index in [2.05, 4.69) is 0 Å². The minimum Gasteiger partial charge on any atom is -0.323 e. The molecule has 4 nitrogen and oxygen atoms in total. The van der Waals surface area contributed by atoms with Gasteiger partial charge in [-0.3, -0.25) is 4.55 Å². The van der Waals surface area contributed by atoms with Crippen LogP contribution in [0.1, 0.15) is 13.8 Å². The Morgan fingerprint density at radius 2 is 1.90 bits per heavy atom. The number of halogens is 1. The zero-order chi connectivity index (χ0) is 8.58. The molecule has 0 aliphatic rings. The van der Waals surface area contributed by atoms with Crippen molar-refractivity contribution < 1.29 is 13.0 Å². The van der Waals surface area contributed by atoms with Crippen LogP contribution in [-0.4, -0.2) is 23.2 Å². The minimum absolute atomic E-state index is 1.13. The Bertz CT molecular complexity index is 205. The van der Waals surface area contributed by atoms with Gasteiger partial charge in [-0.2, -0.15) is 8.42 Å². The highest BCUT2D eigenvalue weighted by molar-refractivity contribution is 7.87. The van der Waals surface area contributed by atoms with Crippen molar-refractivity contribution in [2.75, 3.05) is 0 Å². The predicted octanol–water partition coefficient (Wildman–Crippen LogP) is 0.176. The molecule has 3 N–H and O–H groups in total. The van der Waals surface area contributed by atoms with Gasteiger partial charge >= 0.3 is 0 Å². The van der Waals surface area contributed by atoms with Gasteiger partial charge in [0, 0.05) is 5.54 Å². The molecule has 0 spiro atoms. The van der Waals surface area contributed by atoms with E-state index in [0.717, 1.165) is 0 Å². The van der Waals surface area contributed by atoms with Gasteiger partial charge in [-0.25, -0.2) is 0 Å². The summed E-state index contributed by atoms with van der Waals surface area (Å²) in [5.41, 5.74) is 4.16. The fourth-order valence-electron chi connectivity index (χ4n) is 0.384. The molecule has 0 fully saturated rings. The Kier molecular flexibility index (Phi) is 2.70. The summed E-state index contributed by atoms with van der Waals surface area (Å²) in [6.07, 6.45) is 0. The van der Waals surface area contributed by atoms with Crippen LogP contribution < -0.4 is 5.73 Å². The Morgan fingerprint density at radius 3 is 1.90 bits per heavy atom. The monoisotopic (exact) mass is 187 g/mol. The molecule has 0 bridgehead atoms. The normalized spacial score (nSPS) is 16.9. The van der Waals surface area contributed by atoms with Gasteiger partial charge < -0.3 is 5.73 Å². The highest BCUT2D eigenvalue weighted by atomic mass is 35.5. The van der Waals surface area contributed by atoms with Crippen LogP contribution in [0.15, 0.2) is 0 Å². The van der Waals surface area contributed by atoms with Crippen molar-refractivity contribution in [3.63, 3.8) is 0 Å². The average molecular weight is 188 g/mol. The van der Waals surface area contributed by atoms with Crippen LogP contribution in [0.4, 0.5) is 0 Å². The van der Waals surface area contributed by atoms with Gasteiger partial charge in [0.25, 0.3) is 10.1 Å². The fourth-order valence-corrected chi connectivity index (χ4v) is 1.15. The molecule has 0 rings (SSSR count). The van der Waals surface area contributed by atoms with E-state index in [4.69, 9.17) is 21.9 Å². The Morgan fingerprint density at radius 1 is 1.60 bits per heavy atom. The van der Waals surface area contributed by atoms with E-state index >= 15 is 0 Å². The molecule has 10 heavy (non-hydrogen) atoms. The molecule has 0 aliphatic carbocycles. The van der Waals surface area contributed by atoms with Crippen molar-refractivity contribution in [3.05, 3.63) is 0 Å². The van der Waals surface area contributed by atoms with Crippen LogP contribution in [0.3, 0.4) is 0 Å². The molecular weight excluding hydrogens is 178 g/mol. The highest BCUT2D eigenvalue weighted by Gasteiger charge is 2.33. The third-order valence-corrected chi connectivity index (χ3v) is 3.21. The average Bonchev–Trinajstić information content (AvgIpc) is 1.59. The lowest BCUT2D eigenvalue weighted by molar-refractivity contribution is 0.448. The van der Waals surface area contributed by atoms with E-state index in [0.29, 0.717) is 0 Å². The zero-order valence-electron chi connectivity index (χ0n) is 5.70. The molecule has 1 unspecified atom stereocenters. The van der Waals surface area contributed by atoms with Crippen molar-refractivity contribution in [3.8, 4) is 0 Å². The van der Waals surface area contributed by atoms with Crippen LogP contribution >= 0.6 is 11.6 Å². The summed E-state index contributed by atoms with van der Waals surface area (Å²) in [4.78, 5) is 0. The van der Waals surface area contributed by atoms with Crippen molar-refractivity contribution in [2.24, 2.45) is 5.73 Å². The smallest absolute Gasteiger partial charge is 0.283 e. The first-order valence-electron chi connectivity index (χ1n) is 2.55. The van der Waals surface area contributed by atoms with Crippen LogP contribution in [0.5, 0.6) is 0 Å². The van der Waals surface area contributed by atoms with Crippen molar-refractivity contribution in [2.45, 2.75) is 24.1 Å². The van der Waals surface area contributed by atoms with Gasteiger partial charge in [-0.1, -0.05) is 0 Å². The molecule has 0 heterocycles. The van der Waals surface area contributed by atoms with Crippen molar-refractivity contribution >= 4 is 21.7 Å². The first-order chi connectivity index (χ1) is 4.15. The second-order valence-corrected chi connectivity index (χ2v) is 4.85. The van der Waals surface area contributed by atoms with Gasteiger partial charge in [-0.05, 0) is 13.8 Å². The van der Waals surface area contributed by atoms with E-state index in [1.54, 1.807) is 0 Å².